The van der Waals surface area contributed by atoms with E-state index in [1.807, 2.05) is 18.2 Å². The third-order valence-electron chi connectivity index (χ3n) is 12.1. The minimum atomic E-state index is 0.232. The van der Waals surface area contributed by atoms with Crippen LogP contribution in [0.2, 0.25) is 0 Å². The van der Waals surface area contributed by atoms with Crippen molar-refractivity contribution in [3.05, 3.63) is 205 Å². The van der Waals surface area contributed by atoms with Gasteiger partial charge in [0.2, 0.25) is 0 Å². The Morgan fingerprint density at radius 2 is 1.02 bits per heavy atom. The molecule has 2 heterocycles. The highest BCUT2D eigenvalue weighted by molar-refractivity contribution is 6.28. The Bertz CT molecular complexity index is 3240. The monoisotopic (exact) mass is 740 g/mol. The van der Waals surface area contributed by atoms with Crippen molar-refractivity contribution in [1.29, 1.82) is 0 Å². The maximum absolute atomic E-state index is 5.20. The van der Waals surface area contributed by atoms with E-state index < -0.39 is 0 Å². The van der Waals surface area contributed by atoms with Gasteiger partial charge in [0.25, 0.3) is 0 Å². The smallest absolute Gasteiger partial charge is 0.164 e. The summed E-state index contributed by atoms with van der Waals surface area (Å²) in [5, 5.41) is 7.55. The van der Waals surface area contributed by atoms with Gasteiger partial charge in [0.05, 0.1) is 11.0 Å². The molecule has 0 aliphatic heterocycles. The first-order valence-corrected chi connectivity index (χ1v) is 20.1. The summed E-state index contributed by atoms with van der Waals surface area (Å²) in [5.41, 5.74) is 12.9. The second-order valence-electron chi connectivity index (χ2n) is 15.4. The zero-order valence-corrected chi connectivity index (χ0v) is 31.7. The molecule has 272 valence electrons. The lowest BCUT2D eigenvalue weighted by Crippen LogP contribution is -2.02. The Labute approximate surface area is 336 Å². The molecule has 58 heavy (non-hydrogen) atoms. The van der Waals surface area contributed by atoms with Gasteiger partial charge in [-0.2, -0.15) is 0 Å². The second-order valence-corrected chi connectivity index (χ2v) is 15.4. The normalized spacial score (nSPS) is 14.6. The fourth-order valence-corrected chi connectivity index (χ4v) is 9.48. The van der Waals surface area contributed by atoms with Crippen molar-refractivity contribution >= 4 is 43.4 Å². The van der Waals surface area contributed by atoms with Crippen molar-refractivity contribution in [2.75, 3.05) is 0 Å². The highest BCUT2D eigenvalue weighted by Gasteiger charge is 2.31. The maximum Gasteiger partial charge on any atom is 0.164 e. The van der Waals surface area contributed by atoms with Crippen LogP contribution in [-0.2, 0) is 0 Å². The number of aromatic nitrogens is 4. The van der Waals surface area contributed by atoms with Crippen LogP contribution in [0.25, 0.3) is 94.3 Å². The number of benzene rings is 8. The fraction of sp³-hybridized carbons (Fsp3) is 0.0556. The Hall–Kier alpha value is -7.43. The van der Waals surface area contributed by atoms with E-state index in [9.17, 15) is 0 Å². The second kappa shape index (κ2) is 13.1. The fourth-order valence-electron chi connectivity index (χ4n) is 9.48. The standard InChI is InChI=1S/C54H36N4/c1-3-15-36(16-4-1)49-44-22-12-11-21-43(44)46-33-39(25-30-45(46)49)54-56-52(37-17-5-2-6-18-37)55-53(57-54)38-23-28-40(29-24-38)58-47-31-26-34-13-7-9-19-41(34)50(47)51-42-20-10-8-14-35(42)27-32-48(51)58/h2-3,5-33,49H,1,4H2/t49-/m0/s1. The molecule has 10 aromatic rings. The summed E-state index contributed by atoms with van der Waals surface area (Å²) in [4.78, 5) is 15.4. The van der Waals surface area contributed by atoms with Crippen LogP contribution in [0.15, 0.2) is 194 Å². The van der Waals surface area contributed by atoms with Gasteiger partial charge in [0.15, 0.2) is 17.5 Å². The highest BCUT2D eigenvalue weighted by Crippen LogP contribution is 2.50. The molecular formula is C54H36N4. The number of hydrogen-bond donors (Lipinski definition) is 0. The van der Waals surface area contributed by atoms with Crippen molar-refractivity contribution in [3.8, 4) is 51.0 Å². The largest absolute Gasteiger partial charge is 0.309 e. The third kappa shape index (κ3) is 5.12. The lowest BCUT2D eigenvalue weighted by Gasteiger charge is -2.18. The topological polar surface area (TPSA) is 43.6 Å². The number of nitrogens with zero attached hydrogens (tertiary/aromatic N) is 4. The van der Waals surface area contributed by atoms with E-state index in [4.69, 9.17) is 15.0 Å². The van der Waals surface area contributed by atoms with Gasteiger partial charge in [-0.3, -0.25) is 0 Å². The molecule has 4 nitrogen and oxygen atoms in total. The van der Waals surface area contributed by atoms with Crippen LogP contribution in [-0.4, -0.2) is 19.5 Å². The first-order chi connectivity index (χ1) is 28.8. The molecular weight excluding hydrogens is 705 g/mol. The van der Waals surface area contributed by atoms with Crippen LogP contribution in [0, 0.1) is 0 Å². The lowest BCUT2D eigenvalue weighted by atomic mass is 9.86. The van der Waals surface area contributed by atoms with Crippen LogP contribution in [0.3, 0.4) is 0 Å². The quantitative estimate of drug-likeness (QED) is 0.176. The molecule has 4 heteroatoms. The molecule has 2 aromatic heterocycles. The molecule has 0 amide bonds. The SMILES string of the molecule is C1=CC([C@H]2c3ccccc3-c3cc(-c4nc(-c5ccccc5)nc(-c5ccc(-n6c7ccc8ccccc8c7c7c8ccccc8ccc76)cc5)n4)ccc32)=CCC1. The van der Waals surface area contributed by atoms with Crippen LogP contribution >= 0.6 is 0 Å². The van der Waals surface area contributed by atoms with E-state index in [2.05, 4.69) is 174 Å². The number of allylic oxidation sites excluding steroid dienone is 4. The summed E-state index contributed by atoms with van der Waals surface area (Å²) >= 11 is 0. The van der Waals surface area contributed by atoms with Gasteiger partial charge < -0.3 is 4.57 Å². The minimum Gasteiger partial charge on any atom is -0.309 e. The van der Waals surface area contributed by atoms with Gasteiger partial charge in [-0.15, -0.1) is 0 Å². The van der Waals surface area contributed by atoms with Crippen LogP contribution in [0.1, 0.15) is 29.9 Å². The summed E-state index contributed by atoms with van der Waals surface area (Å²) in [6.07, 6.45) is 9.22. The Morgan fingerprint density at radius 3 is 1.69 bits per heavy atom. The van der Waals surface area contributed by atoms with Gasteiger partial charge in [0.1, 0.15) is 0 Å². The number of rotatable bonds is 5. The van der Waals surface area contributed by atoms with Crippen LogP contribution in [0.5, 0.6) is 0 Å². The van der Waals surface area contributed by atoms with E-state index in [0.717, 1.165) is 35.2 Å². The molecule has 0 saturated heterocycles. The lowest BCUT2D eigenvalue weighted by molar-refractivity contribution is 0.939. The number of hydrogen-bond acceptors (Lipinski definition) is 3. The van der Waals surface area contributed by atoms with Crippen molar-refractivity contribution in [1.82, 2.24) is 19.5 Å². The molecule has 8 aromatic carbocycles. The Balaban J connectivity index is 1.00. The van der Waals surface area contributed by atoms with Gasteiger partial charge in [-0.1, -0.05) is 146 Å². The van der Waals surface area contributed by atoms with E-state index in [1.54, 1.807) is 0 Å². The summed E-state index contributed by atoms with van der Waals surface area (Å²) in [7, 11) is 0. The average molecular weight is 741 g/mol. The third-order valence-corrected chi connectivity index (χ3v) is 12.1. The van der Waals surface area contributed by atoms with E-state index in [0.29, 0.717) is 17.5 Å². The first kappa shape index (κ1) is 32.8. The highest BCUT2D eigenvalue weighted by atomic mass is 15.0. The van der Waals surface area contributed by atoms with E-state index in [-0.39, 0.29) is 5.92 Å². The molecule has 12 rings (SSSR count). The molecule has 0 unspecified atom stereocenters. The van der Waals surface area contributed by atoms with E-state index >= 15 is 0 Å². The Kier molecular flexibility index (Phi) is 7.39. The van der Waals surface area contributed by atoms with Crippen LogP contribution < -0.4 is 0 Å². The zero-order valence-electron chi connectivity index (χ0n) is 31.7. The number of fused-ring (bicyclic) bond motifs is 10. The molecule has 0 fully saturated rings. The van der Waals surface area contributed by atoms with Gasteiger partial charge in [0, 0.05) is 39.1 Å². The molecule has 0 N–H and O–H groups in total. The van der Waals surface area contributed by atoms with Crippen molar-refractivity contribution in [2.24, 2.45) is 0 Å². The van der Waals surface area contributed by atoms with Gasteiger partial charge in [-0.05, 0) is 105 Å². The zero-order chi connectivity index (χ0) is 38.2. The molecule has 0 spiro atoms. The summed E-state index contributed by atoms with van der Waals surface area (Å²) in [5.74, 6) is 2.19. The Morgan fingerprint density at radius 1 is 0.448 bits per heavy atom. The molecule has 0 radical (unpaired) electrons. The van der Waals surface area contributed by atoms with Crippen molar-refractivity contribution in [3.63, 3.8) is 0 Å². The van der Waals surface area contributed by atoms with Crippen molar-refractivity contribution < 1.29 is 0 Å². The predicted molar refractivity (Wildman–Crippen MR) is 239 cm³/mol. The molecule has 2 aliphatic rings. The predicted octanol–water partition coefficient (Wildman–Crippen LogP) is 13.7. The molecule has 2 aliphatic carbocycles. The summed E-state index contributed by atoms with van der Waals surface area (Å²) < 4.78 is 2.40. The molecule has 0 saturated carbocycles. The van der Waals surface area contributed by atoms with Gasteiger partial charge >= 0.3 is 0 Å². The van der Waals surface area contributed by atoms with Crippen LogP contribution in [0.4, 0.5) is 0 Å². The average Bonchev–Trinajstić information content (AvgIpc) is 3.83. The summed E-state index contributed by atoms with van der Waals surface area (Å²) in [6.45, 7) is 0. The maximum atomic E-state index is 5.20. The minimum absolute atomic E-state index is 0.232. The molecule has 1 atom stereocenters. The van der Waals surface area contributed by atoms with Crippen molar-refractivity contribution in [2.45, 2.75) is 18.8 Å². The first-order valence-electron chi connectivity index (χ1n) is 20.1. The van der Waals surface area contributed by atoms with Gasteiger partial charge in [-0.25, -0.2) is 15.0 Å². The molecule has 0 bridgehead atoms. The van der Waals surface area contributed by atoms with E-state index in [1.165, 1.54) is 71.2 Å². The summed E-state index contributed by atoms with van der Waals surface area (Å²) in [6, 6.07) is 61.0.